The highest BCUT2D eigenvalue weighted by atomic mass is 16.5. The lowest BCUT2D eigenvalue weighted by molar-refractivity contribution is 0.0958. The molecule has 0 aliphatic carbocycles. The van der Waals surface area contributed by atoms with Crippen molar-refractivity contribution in [2.75, 3.05) is 23.7 Å². The van der Waals surface area contributed by atoms with Gasteiger partial charge >= 0.3 is 0 Å². The highest BCUT2D eigenvalue weighted by Gasteiger charge is 2.16. The number of aromatic nitrogens is 3. The normalized spacial score (nSPS) is 12.6. The molecule has 1 aliphatic heterocycles. The van der Waals surface area contributed by atoms with Crippen LogP contribution in [0, 0.1) is 0 Å². The van der Waals surface area contributed by atoms with Gasteiger partial charge < -0.3 is 26.0 Å². The fourth-order valence-corrected chi connectivity index (χ4v) is 3.58. The first-order chi connectivity index (χ1) is 16.5. The summed E-state index contributed by atoms with van der Waals surface area (Å²) < 4.78 is 5.68. The average molecular weight is 460 g/mol. The maximum absolute atomic E-state index is 12.7. The predicted octanol–water partition coefficient (Wildman–Crippen LogP) is 3.71. The van der Waals surface area contributed by atoms with E-state index < -0.39 is 0 Å². The van der Waals surface area contributed by atoms with Crippen molar-refractivity contribution in [3.63, 3.8) is 0 Å². The molecule has 0 bridgehead atoms. The molecular weight excluding hydrogens is 430 g/mol. The maximum atomic E-state index is 12.7. The van der Waals surface area contributed by atoms with Crippen molar-refractivity contribution in [2.24, 2.45) is 0 Å². The molecule has 3 aromatic rings. The van der Waals surface area contributed by atoms with Crippen LogP contribution in [-0.2, 0) is 13.0 Å². The fraction of sp³-hybridized carbons (Fsp3) is 0.280. The summed E-state index contributed by atoms with van der Waals surface area (Å²) >= 11 is 0. The number of pyridine rings is 1. The summed E-state index contributed by atoms with van der Waals surface area (Å²) in [5.74, 6) is 0.911. The number of hydrogen-bond acceptors (Lipinski definition) is 8. The van der Waals surface area contributed by atoms with E-state index in [-0.39, 0.29) is 12.0 Å². The van der Waals surface area contributed by atoms with E-state index >= 15 is 0 Å². The third-order valence-electron chi connectivity index (χ3n) is 5.14. The number of amides is 1. The topological polar surface area (TPSA) is 113 Å². The Bertz CT molecular complexity index is 1180. The highest BCUT2D eigenvalue weighted by molar-refractivity contribution is 5.99. The van der Waals surface area contributed by atoms with Gasteiger partial charge in [-0.15, -0.1) is 6.58 Å². The lowest BCUT2D eigenvalue weighted by Gasteiger charge is -2.18. The van der Waals surface area contributed by atoms with Crippen molar-refractivity contribution in [2.45, 2.75) is 32.9 Å². The van der Waals surface area contributed by atoms with Gasteiger partial charge in [0.25, 0.3) is 5.91 Å². The first kappa shape index (κ1) is 23.2. The van der Waals surface area contributed by atoms with Gasteiger partial charge in [-0.1, -0.05) is 12.1 Å². The van der Waals surface area contributed by atoms with Crippen LogP contribution in [0.4, 0.5) is 23.1 Å². The number of ether oxygens (including phenoxy) is 1. The second kappa shape index (κ2) is 10.8. The third kappa shape index (κ3) is 5.87. The van der Waals surface area contributed by atoms with E-state index in [1.54, 1.807) is 24.4 Å². The highest BCUT2D eigenvalue weighted by Crippen LogP contribution is 2.25. The summed E-state index contributed by atoms with van der Waals surface area (Å²) in [7, 11) is 0. The molecule has 2 aromatic heterocycles. The Labute approximate surface area is 199 Å². The van der Waals surface area contributed by atoms with Gasteiger partial charge in [0.1, 0.15) is 11.4 Å². The van der Waals surface area contributed by atoms with E-state index in [1.165, 1.54) is 17.3 Å². The zero-order valence-electron chi connectivity index (χ0n) is 19.4. The van der Waals surface area contributed by atoms with Crippen LogP contribution in [0.5, 0.6) is 5.88 Å². The largest absolute Gasteiger partial charge is 0.475 e. The summed E-state index contributed by atoms with van der Waals surface area (Å²) in [4.78, 5) is 25.9. The van der Waals surface area contributed by atoms with Crippen LogP contribution in [-0.4, -0.2) is 40.1 Å². The number of benzene rings is 1. The van der Waals surface area contributed by atoms with Crippen LogP contribution in [0.25, 0.3) is 0 Å². The summed E-state index contributed by atoms with van der Waals surface area (Å²) in [6.07, 6.45) is 5.76. The van der Waals surface area contributed by atoms with Crippen LogP contribution >= 0.6 is 0 Å². The average Bonchev–Trinajstić information content (AvgIpc) is 2.82. The quantitative estimate of drug-likeness (QED) is 0.358. The Hall–Kier alpha value is -3.98. The van der Waals surface area contributed by atoms with Gasteiger partial charge in [0.05, 0.1) is 6.10 Å². The van der Waals surface area contributed by atoms with Crippen LogP contribution in [0.3, 0.4) is 0 Å². The smallest absolute Gasteiger partial charge is 0.256 e. The van der Waals surface area contributed by atoms with Crippen molar-refractivity contribution >= 4 is 29.0 Å². The Morgan fingerprint density at radius 2 is 2.03 bits per heavy atom. The summed E-state index contributed by atoms with van der Waals surface area (Å²) in [6.45, 7) is 9.68. The lowest BCUT2D eigenvalue weighted by atomic mass is 10.0. The van der Waals surface area contributed by atoms with Crippen LogP contribution in [0.2, 0.25) is 0 Å². The van der Waals surface area contributed by atoms with Crippen molar-refractivity contribution < 1.29 is 9.53 Å². The molecular formula is C25H29N7O2. The fourth-order valence-electron chi connectivity index (χ4n) is 3.58. The number of carbonyl (C=O) groups excluding carboxylic acids is 1. The zero-order valence-corrected chi connectivity index (χ0v) is 19.4. The molecule has 0 saturated heterocycles. The standard InChI is InChI=1S/C25H29N7O2/c1-4-9-28-24(33)21-15-29-25(31-19-6-5-17-7-10-26-14-18(17)12-19)32-23(21)30-20-8-11-27-22(13-20)34-16(2)3/h4-6,8,11-13,15-16,26H,1,7,9-10,14H2,2-3H3,(H,28,33)(H2,27,29,30,31,32). The van der Waals surface area contributed by atoms with E-state index in [9.17, 15) is 4.79 Å². The molecule has 176 valence electrons. The minimum atomic E-state index is -0.304. The lowest BCUT2D eigenvalue weighted by Crippen LogP contribution is -2.25. The molecule has 1 amide bonds. The number of fused-ring (bicyclic) bond motifs is 1. The molecule has 0 saturated carbocycles. The monoisotopic (exact) mass is 459 g/mol. The number of carbonyl (C=O) groups is 1. The van der Waals surface area contributed by atoms with Crippen LogP contribution in [0.15, 0.2) is 55.4 Å². The molecule has 3 heterocycles. The molecule has 0 spiro atoms. The number of nitrogens with one attached hydrogen (secondary N) is 4. The first-order valence-electron chi connectivity index (χ1n) is 11.3. The van der Waals surface area contributed by atoms with Crippen molar-refractivity contribution in [3.05, 3.63) is 72.1 Å². The molecule has 1 aromatic carbocycles. The molecule has 4 rings (SSSR count). The van der Waals surface area contributed by atoms with Gasteiger partial charge in [0.15, 0.2) is 0 Å². The molecule has 9 heteroatoms. The Morgan fingerprint density at radius 3 is 2.85 bits per heavy atom. The summed E-state index contributed by atoms with van der Waals surface area (Å²) in [5.41, 5.74) is 4.48. The van der Waals surface area contributed by atoms with Gasteiger partial charge in [-0.25, -0.2) is 9.97 Å². The van der Waals surface area contributed by atoms with Crippen molar-refractivity contribution in [1.29, 1.82) is 0 Å². The van der Waals surface area contributed by atoms with E-state index in [1.807, 2.05) is 19.9 Å². The van der Waals surface area contributed by atoms with Crippen molar-refractivity contribution in [3.8, 4) is 5.88 Å². The number of nitrogens with zero attached hydrogens (tertiary/aromatic N) is 3. The maximum Gasteiger partial charge on any atom is 0.256 e. The molecule has 34 heavy (non-hydrogen) atoms. The SMILES string of the molecule is C=CCNC(=O)c1cnc(Nc2ccc3c(c2)CNCC3)nc1Nc1ccnc(OC(C)C)c1. The van der Waals surface area contributed by atoms with Gasteiger partial charge in [-0.2, -0.15) is 4.98 Å². The van der Waals surface area contributed by atoms with E-state index in [0.29, 0.717) is 35.4 Å². The Balaban J connectivity index is 1.61. The van der Waals surface area contributed by atoms with Crippen LogP contribution in [0.1, 0.15) is 35.3 Å². The zero-order chi connectivity index (χ0) is 23.9. The second-order valence-corrected chi connectivity index (χ2v) is 8.16. The van der Waals surface area contributed by atoms with Gasteiger partial charge in [-0.05, 0) is 56.1 Å². The van der Waals surface area contributed by atoms with E-state index in [0.717, 1.165) is 25.2 Å². The van der Waals surface area contributed by atoms with E-state index in [4.69, 9.17) is 4.74 Å². The second-order valence-electron chi connectivity index (χ2n) is 8.16. The number of hydrogen-bond donors (Lipinski definition) is 4. The van der Waals surface area contributed by atoms with Crippen molar-refractivity contribution in [1.82, 2.24) is 25.6 Å². The first-order valence-corrected chi connectivity index (χ1v) is 11.3. The third-order valence-corrected chi connectivity index (χ3v) is 5.14. The molecule has 9 nitrogen and oxygen atoms in total. The Kier molecular flexibility index (Phi) is 7.34. The molecule has 1 aliphatic rings. The van der Waals surface area contributed by atoms with Gasteiger partial charge in [-0.3, -0.25) is 4.79 Å². The van der Waals surface area contributed by atoms with Gasteiger partial charge in [0.2, 0.25) is 11.8 Å². The minimum absolute atomic E-state index is 0.00957. The molecule has 0 fully saturated rings. The van der Waals surface area contributed by atoms with Crippen LogP contribution < -0.4 is 26.0 Å². The number of rotatable bonds is 9. The van der Waals surface area contributed by atoms with E-state index in [2.05, 4.69) is 54.9 Å². The number of anilines is 4. The minimum Gasteiger partial charge on any atom is -0.475 e. The molecule has 0 atom stereocenters. The molecule has 0 radical (unpaired) electrons. The Morgan fingerprint density at radius 1 is 1.18 bits per heavy atom. The summed E-state index contributed by atoms with van der Waals surface area (Å²) in [6, 6.07) is 9.79. The van der Waals surface area contributed by atoms with Gasteiger partial charge in [0, 0.05) is 42.9 Å². The molecule has 4 N–H and O–H groups in total. The summed E-state index contributed by atoms with van der Waals surface area (Å²) in [5, 5.41) is 12.6. The predicted molar refractivity (Wildman–Crippen MR) is 133 cm³/mol. The molecule has 0 unspecified atom stereocenters.